The first-order chi connectivity index (χ1) is 6.27. The standard InChI is InChI=1S/C9H12N2O2/c1-6(12)11-8-4-2-3-7-9(8)13-5-10-7/h4,10H,2-3,5H2,1H3,(H,11,12). The van der Waals surface area contributed by atoms with Gasteiger partial charge in [0, 0.05) is 6.92 Å². The van der Waals surface area contributed by atoms with Crippen LogP contribution >= 0.6 is 0 Å². The second kappa shape index (κ2) is 3.12. The lowest BCUT2D eigenvalue weighted by Crippen LogP contribution is -2.22. The second-order valence-corrected chi connectivity index (χ2v) is 3.11. The highest BCUT2D eigenvalue weighted by Crippen LogP contribution is 2.25. The Morgan fingerprint density at radius 2 is 2.54 bits per heavy atom. The van der Waals surface area contributed by atoms with E-state index in [4.69, 9.17) is 4.74 Å². The zero-order valence-electron chi connectivity index (χ0n) is 7.52. The van der Waals surface area contributed by atoms with Gasteiger partial charge in [0.05, 0.1) is 11.4 Å². The maximum Gasteiger partial charge on any atom is 0.221 e. The molecule has 2 aliphatic rings. The molecule has 0 spiro atoms. The SMILES string of the molecule is CC(=O)NC1=CCCC2=C1OCN2. The first-order valence-corrected chi connectivity index (χ1v) is 4.35. The predicted molar refractivity (Wildman–Crippen MR) is 47.2 cm³/mol. The van der Waals surface area contributed by atoms with Crippen molar-refractivity contribution < 1.29 is 9.53 Å². The molecule has 4 heteroatoms. The van der Waals surface area contributed by atoms with Crippen LogP contribution in [0, 0.1) is 0 Å². The Kier molecular flexibility index (Phi) is 1.96. The summed E-state index contributed by atoms with van der Waals surface area (Å²) in [5.74, 6) is 0.747. The number of carbonyl (C=O) groups is 1. The third kappa shape index (κ3) is 1.52. The number of ether oxygens (including phenoxy) is 1. The van der Waals surface area contributed by atoms with Crippen LogP contribution in [0.1, 0.15) is 19.8 Å². The molecule has 13 heavy (non-hydrogen) atoms. The number of hydrogen-bond donors (Lipinski definition) is 2. The van der Waals surface area contributed by atoms with Crippen molar-refractivity contribution in [3.05, 3.63) is 23.2 Å². The number of rotatable bonds is 1. The first-order valence-electron chi connectivity index (χ1n) is 4.35. The van der Waals surface area contributed by atoms with E-state index in [0.717, 1.165) is 30.0 Å². The van der Waals surface area contributed by atoms with Gasteiger partial charge in [-0.25, -0.2) is 0 Å². The van der Waals surface area contributed by atoms with E-state index in [2.05, 4.69) is 10.6 Å². The molecule has 4 nitrogen and oxygen atoms in total. The molecule has 0 radical (unpaired) electrons. The number of amides is 1. The summed E-state index contributed by atoms with van der Waals surface area (Å²) < 4.78 is 5.36. The van der Waals surface area contributed by atoms with Gasteiger partial charge in [0.1, 0.15) is 0 Å². The van der Waals surface area contributed by atoms with Crippen molar-refractivity contribution in [2.45, 2.75) is 19.8 Å². The van der Waals surface area contributed by atoms with Crippen molar-refractivity contribution in [3.63, 3.8) is 0 Å². The van der Waals surface area contributed by atoms with Crippen LogP contribution in [0.3, 0.4) is 0 Å². The number of allylic oxidation sites excluding steroid dienone is 2. The van der Waals surface area contributed by atoms with Crippen LogP contribution in [-0.2, 0) is 9.53 Å². The normalized spacial score (nSPS) is 19.9. The Bertz CT molecular complexity index is 305. The zero-order chi connectivity index (χ0) is 9.26. The van der Waals surface area contributed by atoms with Crippen molar-refractivity contribution in [2.75, 3.05) is 6.73 Å². The fourth-order valence-corrected chi connectivity index (χ4v) is 1.56. The molecule has 0 aromatic rings. The Balaban J connectivity index is 2.18. The summed E-state index contributed by atoms with van der Waals surface area (Å²) >= 11 is 0. The highest BCUT2D eigenvalue weighted by molar-refractivity contribution is 5.76. The molecule has 2 N–H and O–H groups in total. The number of hydrogen-bond acceptors (Lipinski definition) is 3. The van der Waals surface area contributed by atoms with Gasteiger partial charge in [-0.15, -0.1) is 0 Å². The summed E-state index contributed by atoms with van der Waals surface area (Å²) in [6.07, 6.45) is 3.91. The summed E-state index contributed by atoms with van der Waals surface area (Å²) in [7, 11) is 0. The zero-order valence-corrected chi connectivity index (χ0v) is 7.52. The minimum absolute atomic E-state index is 0.0597. The van der Waals surface area contributed by atoms with E-state index < -0.39 is 0 Å². The van der Waals surface area contributed by atoms with Crippen LogP contribution in [0.15, 0.2) is 23.2 Å². The smallest absolute Gasteiger partial charge is 0.221 e. The van der Waals surface area contributed by atoms with Crippen LogP contribution in [-0.4, -0.2) is 12.6 Å². The lowest BCUT2D eigenvalue weighted by Gasteiger charge is -2.14. The van der Waals surface area contributed by atoms with E-state index in [0.29, 0.717) is 6.73 Å². The highest BCUT2D eigenvalue weighted by atomic mass is 16.5. The molecule has 0 aromatic heterocycles. The van der Waals surface area contributed by atoms with Gasteiger partial charge in [-0.1, -0.05) is 6.08 Å². The monoisotopic (exact) mass is 180 g/mol. The van der Waals surface area contributed by atoms with Crippen LogP contribution in [0.4, 0.5) is 0 Å². The fraction of sp³-hybridized carbons (Fsp3) is 0.444. The largest absolute Gasteiger partial charge is 0.469 e. The van der Waals surface area contributed by atoms with Crippen molar-refractivity contribution in [3.8, 4) is 0 Å². The minimum atomic E-state index is -0.0597. The quantitative estimate of drug-likeness (QED) is 0.621. The molecule has 1 amide bonds. The Morgan fingerprint density at radius 3 is 3.31 bits per heavy atom. The van der Waals surface area contributed by atoms with Gasteiger partial charge in [-0.3, -0.25) is 4.79 Å². The average Bonchev–Trinajstić information content (AvgIpc) is 2.51. The highest BCUT2D eigenvalue weighted by Gasteiger charge is 2.22. The van der Waals surface area contributed by atoms with Crippen LogP contribution < -0.4 is 10.6 Å². The Labute approximate surface area is 76.6 Å². The van der Waals surface area contributed by atoms with Crippen molar-refractivity contribution in [1.29, 1.82) is 0 Å². The van der Waals surface area contributed by atoms with Gasteiger partial charge < -0.3 is 15.4 Å². The second-order valence-electron chi connectivity index (χ2n) is 3.11. The van der Waals surface area contributed by atoms with Gasteiger partial charge in [-0.05, 0) is 12.8 Å². The van der Waals surface area contributed by atoms with Gasteiger partial charge in [0.15, 0.2) is 12.5 Å². The maximum atomic E-state index is 10.9. The molecule has 70 valence electrons. The number of carbonyl (C=O) groups excluding carboxylic acids is 1. The molecule has 1 heterocycles. The fourth-order valence-electron chi connectivity index (χ4n) is 1.56. The molecule has 0 bridgehead atoms. The summed E-state index contributed by atoms with van der Waals surface area (Å²) in [4.78, 5) is 10.9. The molecule has 0 fully saturated rings. The number of nitrogens with one attached hydrogen (secondary N) is 2. The molecular weight excluding hydrogens is 168 g/mol. The third-order valence-corrected chi connectivity index (χ3v) is 2.07. The molecule has 0 aromatic carbocycles. The molecule has 1 aliphatic heterocycles. The lowest BCUT2D eigenvalue weighted by molar-refractivity contribution is -0.118. The van der Waals surface area contributed by atoms with E-state index >= 15 is 0 Å². The third-order valence-electron chi connectivity index (χ3n) is 2.07. The van der Waals surface area contributed by atoms with E-state index in [9.17, 15) is 4.79 Å². The van der Waals surface area contributed by atoms with E-state index in [1.165, 1.54) is 6.92 Å². The first kappa shape index (κ1) is 8.16. The maximum absolute atomic E-state index is 10.9. The van der Waals surface area contributed by atoms with Crippen LogP contribution in [0.2, 0.25) is 0 Å². The van der Waals surface area contributed by atoms with Crippen LogP contribution in [0.5, 0.6) is 0 Å². The average molecular weight is 180 g/mol. The molecular formula is C9H12N2O2. The molecule has 2 rings (SSSR count). The Morgan fingerprint density at radius 1 is 1.69 bits per heavy atom. The minimum Gasteiger partial charge on any atom is -0.469 e. The van der Waals surface area contributed by atoms with E-state index in [1.807, 2.05) is 6.08 Å². The van der Waals surface area contributed by atoms with E-state index in [-0.39, 0.29) is 5.91 Å². The molecule has 0 saturated carbocycles. The van der Waals surface area contributed by atoms with Gasteiger partial charge in [0.2, 0.25) is 5.91 Å². The molecule has 1 aliphatic carbocycles. The van der Waals surface area contributed by atoms with Crippen LogP contribution in [0.25, 0.3) is 0 Å². The molecule has 0 atom stereocenters. The predicted octanol–water partition coefficient (Wildman–Crippen LogP) is 0.589. The summed E-state index contributed by atoms with van der Waals surface area (Å²) in [5.41, 5.74) is 1.91. The topological polar surface area (TPSA) is 50.4 Å². The lowest BCUT2D eigenvalue weighted by atomic mass is 10.1. The molecule has 0 unspecified atom stereocenters. The van der Waals surface area contributed by atoms with E-state index in [1.54, 1.807) is 0 Å². The van der Waals surface area contributed by atoms with Crippen molar-refractivity contribution in [2.24, 2.45) is 0 Å². The van der Waals surface area contributed by atoms with Crippen molar-refractivity contribution >= 4 is 5.91 Å². The summed E-state index contributed by atoms with van der Waals surface area (Å²) in [6.45, 7) is 2.01. The summed E-state index contributed by atoms with van der Waals surface area (Å²) in [5, 5.41) is 5.88. The Hall–Kier alpha value is -1.45. The van der Waals surface area contributed by atoms with Gasteiger partial charge in [0.25, 0.3) is 0 Å². The van der Waals surface area contributed by atoms with Gasteiger partial charge in [-0.2, -0.15) is 0 Å². The van der Waals surface area contributed by atoms with Gasteiger partial charge >= 0.3 is 0 Å². The summed E-state index contributed by atoms with van der Waals surface area (Å²) in [6, 6.07) is 0. The molecule has 0 saturated heterocycles. The van der Waals surface area contributed by atoms with Crippen molar-refractivity contribution in [1.82, 2.24) is 10.6 Å².